The van der Waals surface area contributed by atoms with Crippen molar-refractivity contribution in [2.45, 2.75) is 19.0 Å². The van der Waals surface area contributed by atoms with E-state index in [1.165, 1.54) is 28.0 Å². The van der Waals surface area contributed by atoms with Crippen LogP contribution >= 0.6 is 0 Å². The molecule has 2 aliphatic rings. The fourth-order valence-corrected chi connectivity index (χ4v) is 5.69. The highest BCUT2D eigenvalue weighted by Gasteiger charge is 2.54. The maximum Gasteiger partial charge on any atom is 0.329 e. The number of fused-ring (bicyclic) bond motifs is 1. The van der Waals surface area contributed by atoms with E-state index < -0.39 is 26.8 Å². The normalized spacial score (nSPS) is 23.5. The van der Waals surface area contributed by atoms with Crippen molar-refractivity contribution in [1.82, 2.24) is 0 Å². The molecule has 27 heavy (non-hydrogen) atoms. The van der Waals surface area contributed by atoms with Crippen LogP contribution in [0.5, 0.6) is 0 Å². The Labute approximate surface area is 156 Å². The lowest BCUT2D eigenvalue weighted by atomic mass is 10.1. The maximum absolute atomic E-state index is 13.2. The molecule has 2 heterocycles. The lowest BCUT2D eigenvalue weighted by molar-refractivity contribution is -0.384. The third-order valence-corrected chi connectivity index (χ3v) is 6.70. The van der Waals surface area contributed by atoms with Gasteiger partial charge in [-0.1, -0.05) is 23.8 Å². The van der Waals surface area contributed by atoms with Crippen LogP contribution < -0.4 is 9.80 Å². The van der Waals surface area contributed by atoms with Gasteiger partial charge < -0.3 is 0 Å². The Kier molecular flexibility index (Phi) is 3.92. The zero-order valence-electron chi connectivity index (χ0n) is 14.5. The monoisotopic (exact) mass is 387 g/mol. The molecule has 0 bridgehead atoms. The molecular formula is C18H17N3O5S. The molecule has 2 saturated heterocycles. The third-order valence-electron chi connectivity index (χ3n) is 5.00. The number of urea groups is 1. The molecule has 2 aromatic rings. The van der Waals surface area contributed by atoms with Crippen molar-refractivity contribution in [1.29, 1.82) is 0 Å². The highest BCUT2D eigenvalue weighted by atomic mass is 32.2. The number of hydrogen-bond acceptors (Lipinski definition) is 5. The Morgan fingerprint density at radius 3 is 2.19 bits per heavy atom. The fraction of sp³-hybridized carbons (Fsp3) is 0.278. The van der Waals surface area contributed by atoms with Gasteiger partial charge in [0.2, 0.25) is 0 Å². The van der Waals surface area contributed by atoms with E-state index in [1.807, 2.05) is 19.1 Å². The molecule has 0 N–H and O–H groups in total. The number of anilines is 2. The van der Waals surface area contributed by atoms with Gasteiger partial charge in [-0.15, -0.1) is 0 Å². The smallest absolute Gasteiger partial charge is 0.288 e. The first-order chi connectivity index (χ1) is 12.8. The van der Waals surface area contributed by atoms with Gasteiger partial charge in [-0.25, -0.2) is 13.2 Å². The SMILES string of the molecule is Cc1ccc(N2C(=O)N(c3cccc([N+](=O)[O-])c3)[C@@H]3CS(=O)(=O)C[C@H]32)cc1. The topological polar surface area (TPSA) is 101 Å². The third kappa shape index (κ3) is 2.93. The molecular weight excluding hydrogens is 370 g/mol. The zero-order chi connectivity index (χ0) is 19.3. The summed E-state index contributed by atoms with van der Waals surface area (Å²) in [7, 11) is -3.31. The molecule has 140 valence electrons. The first-order valence-corrected chi connectivity index (χ1v) is 10.2. The number of benzene rings is 2. The second-order valence-electron chi connectivity index (χ2n) is 6.85. The quantitative estimate of drug-likeness (QED) is 0.458. The van der Waals surface area contributed by atoms with Gasteiger partial charge in [0.15, 0.2) is 9.84 Å². The molecule has 0 saturated carbocycles. The van der Waals surface area contributed by atoms with E-state index in [4.69, 9.17) is 0 Å². The average molecular weight is 387 g/mol. The molecule has 0 aliphatic carbocycles. The molecule has 9 heteroatoms. The van der Waals surface area contributed by atoms with Crippen molar-refractivity contribution in [3.8, 4) is 0 Å². The summed E-state index contributed by atoms with van der Waals surface area (Å²) >= 11 is 0. The molecule has 0 unspecified atom stereocenters. The van der Waals surface area contributed by atoms with Gasteiger partial charge in [0, 0.05) is 17.8 Å². The molecule has 0 spiro atoms. The van der Waals surface area contributed by atoms with Crippen molar-refractivity contribution in [3.63, 3.8) is 0 Å². The Morgan fingerprint density at radius 1 is 1.00 bits per heavy atom. The largest absolute Gasteiger partial charge is 0.329 e. The van der Waals surface area contributed by atoms with Crippen molar-refractivity contribution in [3.05, 3.63) is 64.2 Å². The highest BCUT2D eigenvalue weighted by molar-refractivity contribution is 7.91. The molecule has 2 fully saturated rings. The molecule has 2 aliphatic heterocycles. The molecule has 2 aromatic carbocycles. The van der Waals surface area contributed by atoms with E-state index in [-0.39, 0.29) is 23.2 Å². The first kappa shape index (κ1) is 17.5. The van der Waals surface area contributed by atoms with Crippen LogP contribution in [0.25, 0.3) is 0 Å². The van der Waals surface area contributed by atoms with Gasteiger partial charge in [-0.2, -0.15) is 0 Å². The van der Waals surface area contributed by atoms with Gasteiger partial charge in [0.25, 0.3) is 5.69 Å². The van der Waals surface area contributed by atoms with Crippen molar-refractivity contribution in [2.75, 3.05) is 21.3 Å². The van der Waals surface area contributed by atoms with Crippen LogP contribution in [0.1, 0.15) is 5.56 Å². The molecule has 0 radical (unpaired) electrons. The van der Waals surface area contributed by atoms with E-state index in [0.717, 1.165) is 5.56 Å². The summed E-state index contributed by atoms with van der Waals surface area (Å²) in [5.41, 5.74) is 1.82. The standard InChI is InChI=1S/C18H17N3O5S/c1-12-5-7-13(8-6-12)19-16-10-27(25,26)11-17(16)20(18(19)22)14-3-2-4-15(9-14)21(23)24/h2-9,16-17H,10-11H2,1H3/t16-,17-/m1/s1. The van der Waals surface area contributed by atoms with E-state index in [2.05, 4.69) is 0 Å². The van der Waals surface area contributed by atoms with Crippen LogP contribution in [0.15, 0.2) is 48.5 Å². The van der Waals surface area contributed by atoms with Crippen molar-refractivity contribution < 1.29 is 18.1 Å². The summed E-state index contributed by atoms with van der Waals surface area (Å²) in [5.74, 6) is -0.281. The van der Waals surface area contributed by atoms with Crippen molar-refractivity contribution in [2.24, 2.45) is 0 Å². The Hall–Kier alpha value is -2.94. The summed E-state index contributed by atoms with van der Waals surface area (Å²) in [5, 5.41) is 11.1. The highest BCUT2D eigenvalue weighted by Crippen LogP contribution is 2.38. The summed E-state index contributed by atoms with van der Waals surface area (Å²) in [6.07, 6.45) is 0. The molecule has 8 nitrogen and oxygen atoms in total. The Bertz CT molecular complexity index is 1040. The average Bonchev–Trinajstić information content (AvgIpc) is 3.04. The number of non-ortho nitro benzene ring substituents is 1. The van der Waals surface area contributed by atoms with Crippen LogP contribution in [0.4, 0.5) is 21.9 Å². The summed E-state index contributed by atoms with van der Waals surface area (Å²) in [6, 6.07) is 11.5. The van der Waals surface area contributed by atoms with Crippen LogP contribution in [-0.2, 0) is 9.84 Å². The van der Waals surface area contributed by atoms with E-state index >= 15 is 0 Å². The zero-order valence-corrected chi connectivity index (χ0v) is 15.3. The molecule has 2 atom stereocenters. The summed E-state index contributed by atoms with van der Waals surface area (Å²) in [6.45, 7) is 1.92. The second-order valence-corrected chi connectivity index (χ2v) is 9.00. The number of nitro benzene ring substituents is 1. The van der Waals surface area contributed by atoms with Gasteiger partial charge in [0.05, 0.1) is 34.2 Å². The summed E-state index contributed by atoms with van der Waals surface area (Å²) < 4.78 is 24.5. The Balaban J connectivity index is 1.80. The lowest BCUT2D eigenvalue weighted by Crippen LogP contribution is -2.37. The van der Waals surface area contributed by atoms with Gasteiger partial charge in [0.1, 0.15) is 0 Å². The van der Waals surface area contributed by atoms with Crippen LogP contribution in [-0.4, -0.2) is 43.0 Å². The summed E-state index contributed by atoms with van der Waals surface area (Å²) in [4.78, 5) is 26.6. The number of hydrogen-bond donors (Lipinski definition) is 0. The number of sulfone groups is 1. The first-order valence-electron chi connectivity index (χ1n) is 8.41. The lowest BCUT2D eigenvalue weighted by Gasteiger charge is -2.22. The number of rotatable bonds is 3. The molecule has 0 aromatic heterocycles. The number of aryl methyl sites for hydroxylation is 1. The van der Waals surface area contributed by atoms with Crippen molar-refractivity contribution >= 4 is 32.9 Å². The van der Waals surface area contributed by atoms with Gasteiger partial charge >= 0.3 is 6.03 Å². The van der Waals surface area contributed by atoms with Crippen LogP contribution in [0.3, 0.4) is 0 Å². The van der Waals surface area contributed by atoms with Crippen LogP contribution in [0.2, 0.25) is 0 Å². The fourth-order valence-electron chi connectivity index (χ4n) is 3.77. The molecule has 4 rings (SSSR count). The minimum atomic E-state index is -3.31. The number of carbonyl (C=O) groups excluding carboxylic acids is 1. The maximum atomic E-state index is 13.2. The number of amides is 2. The second kappa shape index (κ2) is 6.05. The minimum Gasteiger partial charge on any atom is -0.288 e. The number of nitro groups is 1. The minimum absolute atomic E-state index is 0.122. The van der Waals surface area contributed by atoms with Crippen LogP contribution in [0, 0.1) is 17.0 Å². The predicted octanol–water partition coefficient (Wildman–Crippen LogP) is 2.52. The number of carbonyl (C=O) groups is 1. The predicted molar refractivity (Wildman–Crippen MR) is 101 cm³/mol. The van der Waals surface area contributed by atoms with E-state index in [1.54, 1.807) is 18.2 Å². The van der Waals surface area contributed by atoms with Gasteiger partial charge in [-0.3, -0.25) is 19.9 Å². The van der Waals surface area contributed by atoms with Gasteiger partial charge in [-0.05, 0) is 25.1 Å². The van der Waals surface area contributed by atoms with E-state index in [0.29, 0.717) is 11.4 Å². The number of nitrogens with zero attached hydrogens (tertiary/aromatic N) is 3. The van der Waals surface area contributed by atoms with E-state index in [9.17, 15) is 23.3 Å². The molecule has 2 amide bonds. The Morgan fingerprint density at radius 2 is 1.59 bits per heavy atom.